The van der Waals surface area contributed by atoms with Crippen LogP contribution in [0.2, 0.25) is 0 Å². The van der Waals surface area contributed by atoms with Crippen LogP contribution >= 0.6 is 0 Å². The van der Waals surface area contributed by atoms with Crippen molar-refractivity contribution in [2.24, 2.45) is 0 Å². The number of nitrogens with one attached hydrogen (secondary N) is 1. The van der Waals surface area contributed by atoms with Crippen molar-refractivity contribution in [3.8, 4) is 0 Å². The van der Waals surface area contributed by atoms with Crippen LogP contribution in [-0.2, 0) is 0 Å². The van der Waals surface area contributed by atoms with Gasteiger partial charge in [-0.25, -0.2) is 0 Å². The Hall–Kier alpha value is -1.77. The summed E-state index contributed by atoms with van der Waals surface area (Å²) < 4.78 is 0. The van der Waals surface area contributed by atoms with Gasteiger partial charge in [-0.1, -0.05) is 25.7 Å². The fourth-order valence-electron chi connectivity index (χ4n) is 2.93. The van der Waals surface area contributed by atoms with Crippen LogP contribution in [0.15, 0.2) is 30.5 Å². The van der Waals surface area contributed by atoms with Crippen LogP contribution in [-0.4, -0.2) is 11.0 Å². The number of nitrogens with zero attached hydrogens (tertiary/aromatic N) is 1. The van der Waals surface area contributed by atoms with Crippen LogP contribution in [0.3, 0.4) is 0 Å². The monoisotopic (exact) mass is 255 g/mol. The zero-order chi connectivity index (χ0) is 13.1. The molecule has 1 heterocycles. The molecule has 0 bridgehead atoms. The van der Waals surface area contributed by atoms with Crippen molar-refractivity contribution in [1.29, 1.82) is 0 Å². The third-order valence-electron chi connectivity index (χ3n) is 3.98. The highest BCUT2D eigenvalue weighted by atomic mass is 14.9. The van der Waals surface area contributed by atoms with Gasteiger partial charge in [0.15, 0.2) is 0 Å². The molecule has 0 aliphatic heterocycles. The van der Waals surface area contributed by atoms with Crippen molar-refractivity contribution >= 4 is 22.3 Å². The molecule has 1 aromatic carbocycles. The maximum atomic E-state index is 5.90. The molecule has 1 aliphatic rings. The molecule has 0 radical (unpaired) electrons. The Morgan fingerprint density at radius 3 is 2.63 bits per heavy atom. The third-order valence-corrected chi connectivity index (χ3v) is 3.98. The predicted molar refractivity (Wildman–Crippen MR) is 81.3 cm³/mol. The van der Waals surface area contributed by atoms with E-state index in [1.165, 1.54) is 44.2 Å². The second-order valence-corrected chi connectivity index (χ2v) is 5.47. The number of benzene rings is 1. The molecule has 3 nitrogen and oxygen atoms in total. The van der Waals surface area contributed by atoms with Gasteiger partial charge in [-0.15, -0.1) is 0 Å². The van der Waals surface area contributed by atoms with E-state index in [-0.39, 0.29) is 0 Å². The largest absolute Gasteiger partial charge is 0.399 e. The summed E-state index contributed by atoms with van der Waals surface area (Å²) in [6, 6.07) is 8.57. The molecule has 1 aliphatic carbocycles. The molecule has 1 aromatic heterocycles. The van der Waals surface area contributed by atoms with E-state index in [0.717, 1.165) is 16.6 Å². The van der Waals surface area contributed by atoms with Gasteiger partial charge in [-0.05, 0) is 37.1 Å². The summed E-state index contributed by atoms with van der Waals surface area (Å²) in [5.74, 6) is 0. The molecule has 1 fully saturated rings. The van der Waals surface area contributed by atoms with Gasteiger partial charge in [0.2, 0.25) is 0 Å². The standard InChI is InChI=1S/C16H21N3/c17-12-7-8-15-14(11-12)16(9-10-18-15)19-13-5-3-1-2-4-6-13/h7-11,13H,1-6,17H2,(H,18,19). The van der Waals surface area contributed by atoms with E-state index >= 15 is 0 Å². The average Bonchev–Trinajstić information content (AvgIpc) is 2.68. The van der Waals surface area contributed by atoms with E-state index in [1.54, 1.807) is 0 Å². The average molecular weight is 255 g/mol. The van der Waals surface area contributed by atoms with Crippen molar-refractivity contribution in [1.82, 2.24) is 4.98 Å². The molecule has 0 spiro atoms. The van der Waals surface area contributed by atoms with Crippen LogP contribution in [0, 0.1) is 0 Å². The van der Waals surface area contributed by atoms with E-state index in [2.05, 4.69) is 16.4 Å². The van der Waals surface area contributed by atoms with Gasteiger partial charge in [0.25, 0.3) is 0 Å². The SMILES string of the molecule is Nc1ccc2nccc(NC3CCCCCC3)c2c1. The van der Waals surface area contributed by atoms with E-state index < -0.39 is 0 Å². The molecule has 0 saturated heterocycles. The molecule has 0 amide bonds. The Bertz CT molecular complexity index is 557. The van der Waals surface area contributed by atoms with E-state index in [4.69, 9.17) is 5.73 Å². The van der Waals surface area contributed by atoms with Crippen LogP contribution in [0.5, 0.6) is 0 Å². The van der Waals surface area contributed by atoms with E-state index in [0.29, 0.717) is 6.04 Å². The molecule has 3 rings (SSSR count). The van der Waals surface area contributed by atoms with Crippen molar-refractivity contribution in [3.05, 3.63) is 30.5 Å². The number of rotatable bonds is 2. The first-order chi connectivity index (χ1) is 9.33. The molecular weight excluding hydrogens is 234 g/mol. The fraction of sp³-hybridized carbons (Fsp3) is 0.438. The van der Waals surface area contributed by atoms with Gasteiger partial charge in [-0.2, -0.15) is 0 Å². The Labute approximate surface area is 114 Å². The summed E-state index contributed by atoms with van der Waals surface area (Å²) in [7, 11) is 0. The minimum Gasteiger partial charge on any atom is -0.399 e. The maximum absolute atomic E-state index is 5.90. The van der Waals surface area contributed by atoms with Gasteiger partial charge in [0, 0.05) is 29.0 Å². The summed E-state index contributed by atoms with van der Waals surface area (Å²) in [5.41, 5.74) is 8.87. The zero-order valence-corrected chi connectivity index (χ0v) is 11.2. The Morgan fingerprint density at radius 1 is 1.05 bits per heavy atom. The van der Waals surface area contributed by atoms with Crippen LogP contribution in [0.4, 0.5) is 11.4 Å². The number of hydrogen-bond donors (Lipinski definition) is 2. The first kappa shape index (κ1) is 12.3. The smallest absolute Gasteiger partial charge is 0.0724 e. The quantitative estimate of drug-likeness (QED) is 0.631. The summed E-state index contributed by atoms with van der Waals surface area (Å²) in [5, 5.41) is 4.83. The van der Waals surface area contributed by atoms with Crippen LogP contribution in [0.1, 0.15) is 38.5 Å². The molecule has 19 heavy (non-hydrogen) atoms. The molecule has 100 valence electrons. The first-order valence-corrected chi connectivity index (χ1v) is 7.24. The molecular formula is C16H21N3. The van der Waals surface area contributed by atoms with E-state index in [9.17, 15) is 0 Å². The third kappa shape index (κ3) is 2.80. The maximum Gasteiger partial charge on any atom is 0.0724 e. The summed E-state index contributed by atoms with van der Waals surface area (Å²) in [6.07, 6.45) is 9.84. The van der Waals surface area contributed by atoms with Gasteiger partial charge in [0.1, 0.15) is 0 Å². The Morgan fingerprint density at radius 2 is 1.84 bits per heavy atom. The lowest BCUT2D eigenvalue weighted by molar-refractivity contribution is 0.620. The van der Waals surface area contributed by atoms with Gasteiger partial charge < -0.3 is 11.1 Å². The number of anilines is 2. The van der Waals surface area contributed by atoms with Gasteiger partial charge in [0.05, 0.1) is 5.52 Å². The van der Waals surface area contributed by atoms with Crippen molar-refractivity contribution in [3.63, 3.8) is 0 Å². The molecule has 0 unspecified atom stereocenters. The second-order valence-electron chi connectivity index (χ2n) is 5.47. The highest BCUT2D eigenvalue weighted by molar-refractivity contribution is 5.93. The summed E-state index contributed by atoms with van der Waals surface area (Å²) >= 11 is 0. The van der Waals surface area contributed by atoms with Crippen molar-refractivity contribution in [2.45, 2.75) is 44.6 Å². The minimum absolute atomic E-state index is 0.592. The minimum atomic E-state index is 0.592. The molecule has 1 saturated carbocycles. The number of hydrogen-bond acceptors (Lipinski definition) is 3. The first-order valence-electron chi connectivity index (χ1n) is 7.24. The lowest BCUT2D eigenvalue weighted by Crippen LogP contribution is -2.18. The van der Waals surface area contributed by atoms with Gasteiger partial charge in [-0.3, -0.25) is 4.98 Å². The number of pyridine rings is 1. The van der Waals surface area contributed by atoms with Crippen LogP contribution in [0.25, 0.3) is 10.9 Å². The highest BCUT2D eigenvalue weighted by Gasteiger charge is 2.13. The van der Waals surface area contributed by atoms with Crippen LogP contribution < -0.4 is 11.1 Å². The van der Waals surface area contributed by atoms with Crippen molar-refractivity contribution < 1.29 is 0 Å². The van der Waals surface area contributed by atoms with Gasteiger partial charge >= 0.3 is 0 Å². The number of nitrogen functional groups attached to an aromatic ring is 1. The molecule has 3 N–H and O–H groups in total. The number of nitrogens with two attached hydrogens (primary N) is 1. The van der Waals surface area contributed by atoms with E-state index in [1.807, 2.05) is 24.4 Å². The lowest BCUT2D eigenvalue weighted by Gasteiger charge is -2.19. The highest BCUT2D eigenvalue weighted by Crippen LogP contribution is 2.27. The fourth-order valence-corrected chi connectivity index (χ4v) is 2.93. The molecule has 2 aromatic rings. The Kier molecular flexibility index (Phi) is 3.53. The number of fused-ring (bicyclic) bond motifs is 1. The summed E-state index contributed by atoms with van der Waals surface area (Å²) in [6.45, 7) is 0. The predicted octanol–water partition coefficient (Wildman–Crippen LogP) is 3.95. The summed E-state index contributed by atoms with van der Waals surface area (Å²) in [4.78, 5) is 4.40. The molecule has 3 heteroatoms. The second kappa shape index (κ2) is 5.47. The normalized spacial score (nSPS) is 17.3. The topological polar surface area (TPSA) is 50.9 Å². The molecule has 0 atom stereocenters. The van der Waals surface area contributed by atoms with Crippen molar-refractivity contribution in [2.75, 3.05) is 11.1 Å². The number of aromatic nitrogens is 1. The zero-order valence-electron chi connectivity index (χ0n) is 11.2. The lowest BCUT2D eigenvalue weighted by atomic mass is 10.1. The Balaban J connectivity index is 1.89.